The molecule has 0 aliphatic heterocycles. The van der Waals surface area contributed by atoms with Gasteiger partial charge in [-0.2, -0.15) is 5.10 Å². The molecule has 1 N–H and O–H groups in total. The largest absolute Gasteiger partial charge is 0.278 e. The number of fused-ring (bicyclic) bond motifs is 1. The van der Waals surface area contributed by atoms with Crippen LogP contribution in [0, 0.1) is 6.92 Å². The summed E-state index contributed by atoms with van der Waals surface area (Å²) in [4.78, 5) is 0. The van der Waals surface area contributed by atoms with Crippen LogP contribution >= 0.6 is 0 Å². The van der Waals surface area contributed by atoms with Crippen LogP contribution in [0.2, 0.25) is 0 Å². The molecule has 2 rings (SSSR count). The third kappa shape index (κ3) is 1.56. The van der Waals surface area contributed by atoms with Crippen molar-refractivity contribution in [2.45, 2.75) is 27.7 Å². The van der Waals surface area contributed by atoms with Gasteiger partial charge in [-0.05, 0) is 50.5 Å². The molecule has 0 fully saturated rings. The molecule has 0 unspecified atom stereocenters. The zero-order valence-electron chi connectivity index (χ0n) is 9.68. The molecule has 0 aliphatic carbocycles. The molecule has 0 saturated heterocycles. The summed E-state index contributed by atoms with van der Waals surface area (Å²) in [5, 5.41) is 8.32. The van der Waals surface area contributed by atoms with Crippen LogP contribution in [0.25, 0.3) is 16.5 Å². The number of rotatable bonds is 1. The molecule has 15 heavy (non-hydrogen) atoms. The third-order valence-corrected chi connectivity index (χ3v) is 2.96. The van der Waals surface area contributed by atoms with Crippen molar-refractivity contribution >= 4 is 16.5 Å². The number of benzene rings is 1. The molecule has 0 aliphatic rings. The summed E-state index contributed by atoms with van der Waals surface area (Å²) < 4.78 is 0. The zero-order chi connectivity index (χ0) is 11.0. The molecule has 2 heteroatoms. The Balaban J connectivity index is 2.83. The first-order valence-electron chi connectivity index (χ1n) is 5.18. The second kappa shape index (κ2) is 3.54. The number of allylic oxidation sites excluding steroid dienone is 2. The summed E-state index contributed by atoms with van der Waals surface area (Å²) in [5.74, 6) is 0. The van der Waals surface area contributed by atoms with E-state index < -0.39 is 0 Å². The Bertz CT molecular complexity index is 528. The van der Waals surface area contributed by atoms with Crippen LogP contribution in [0.3, 0.4) is 0 Å². The highest BCUT2D eigenvalue weighted by Gasteiger charge is 2.08. The minimum atomic E-state index is 1.11. The van der Waals surface area contributed by atoms with Gasteiger partial charge in [0.15, 0.2) is 0 Å². The van der Waals surface area contributed by atoms with Crippen molar-refractivity contribution in [3.8, 4) is 0 Å². The van der Waals surface area contributed by atoms with Gasteiger partial charge in [0.2, 0.25) is 0 Å². The van der Waals surface area contributed by atoms with Gasteiger partial charge in [0.1, 0.15) is 0 Å². The standard InChI is InChI=1S/C13H16N2/c1-8(2)10(4)13-9(3)5-6-12-11(13)7-14-15-12/h5-7H,1-4H3,(H,14,15). The second-order valence-electron chi connectivity index (χ2n) is 4.21. The summed E-state index contributed by atoms with van der Waals surface area (Å²) in [5.41, 5.74) is 6.44. The van der Waals surface area contributed by atoms with Crippen molar-refractivity contribution in [2.24, 2.45) is 0 Å². The van der Waals surface area contributed by atoms with Crippen LogP contribution in [-0.4, -0.2) is 10.2 Å². The Morgan fingerprint density at radius 2 is 1.93 bits per heavy atom. The molecular formula is C13H16N2. The van der Waals surface area contributed by atoms with Crippen molar-refractivity contribution in [3.63, 3.8) is 0 Å². The van der Waals surface area contributed by atoms with E-state index in [1.165, 1.54) is 27.7 Å². The number of aromatic amines is 1. The topological polar surface area (TPSA) is 28.7 Å². The minimum absolute atomic E-state index is 1.11. The van der Waals surface area contributed by atoms with Gasteiger partial charge in [-0.25, -0.2) is 0 Å². The van der Waals surface area contributed by atoms with E-state index in [1.807, 2.05) is 6.20 Å². The Morgan fingerprint density at radius 3 is 2.60 bits per heavy atom. The lowest BCUT2D eigenvalue weighted by Gasteiger charge is -2.09. The SMILES string of the molecule is CC(C)=C(C)c1c(C)ccc2[nH]ncc12. The van der Waals surface area contributed by atoms with E-state index >= 15 is 0 Å². The molecule has 2 aromatic rings. The molecule has 0 bridgehead atoms. The lowest BCUT2D eigenvalue weighted by Crippen LogP contribution is -1.88. The third-order valence-electron chi connectivity index (χ3n) is 2.96. The molecule has 0 amide bonds. The lowest BCUT2D eigenvalue weighted by molar-refractivity contribution is 1.12. The van der Waals surface area contributed by atoms with E-state index in [0.717, 1.165) is 5.52 Å². The van der Waals surface area contributed by atoms with Crippen molar-refractivity contribution < 1.29 is 0 Å². The summed E-state index contributed by atoms with van der Waals surface area (Å²) in [6, 6.07) is 4.22. The van der Waals surface area contributed by atoms with Gasteiger partial charge in [0.05, 0.1) is 11.7 Å². The number of aryl methyl sites for hydroxylation is 1. The molecule has 0 spiro atoms. The highest BCUT2D eigenvalue weighted by Crippen LogP contribution is 2.28. The highest BCUT2D eigenvalue weighted by molar-refractivity contribution is 5.93. The second-order valence-corrected chi connectivity index (χ2v) is 4.21. The van der Waals surface area contributed by atoms with E-state index in [4.69, 9.17) is 0 Å². The Morgan fingerprint density at radius 1 is 1.20 bits per heavy atom. The number of hydrogen-bond donors (Lipinski definition) is 1. The summed E-state index contributed by atoms with van der Waals surface area (Å²) in [7, 11) is 0. The van der Waals surface area contributed by atoms with Crippen LogP contribution in [0.5, 0.6) is 0 Å². The molecule has 0 atom stereocenters. The van der Waals surface area contributed by atoms with Crippen LogP contribution in [-0.2, 0) is 0 Å². The number of aromatic nitrogens is 2. The van der Waals surface area contributed by atoms with Crippen molar-refractivity contribution in [2.75, 3.05) is 0 Å². The van der Waals surface area contributed by atoms with Crippen LogP contribution < -0.4 is 0 Å². The van der Waals surface area contributed by atoms with Crippen molar-refractivity contribution in [3.05, 3.63) is 35.0 Å². The molecule has 1 aromatic heterocycles. The summed E-state index contributed by atoms with van der Waals surface area (Å²) in [6.45, 7) is 8.61. The van der Waals surface area contributed by atoms with Gasteiger partial charge in [-0.3, -0.25) is 5.10 Å². The molecular weight excluding hydrogens is 184 g/mol. The van der Waals surface area contributed by atoms with Gasteiger partial charge in [0, 0.05) is 5.39 Å². The molecule has 78 valence electrons. The van der Waals surface area contributed by atoms with Gasteiger partial charge in [0.25, 0.3) is 0 Å². The van der Waals surface area contributed by atoms with E-state index in [0.29, 0.717) is 0 Å². The number of H-pyrrole nitrogens is 1. The minimum Gasteiger partial charge on any atom is -0.278 e. The average molecular weight is 200 g/mol. The maximum absolute atomic E-state index is 4.10. The maximum atomic E-state index is 4.10. The Labute approximate surface area is 90.0 Å². The lowest BCUT2D eigenvalue weighted by atomic mass is 9.95. The van der Waals surface area contributed by atoms with Crippen LogP contribution in [0.4, 0.5) is 0 Å². The first-order chi connectivity index (χ1) is 7.11. The molecule has 2 nitrogen and oxygen atoms in total. The number of nitrogens with zero attached hydrogens (tertiary/aromatic N) is 1. The fourth-order valence-electron chi connectivity index (χ4n) is 1.87. The first kappa shape index (κ1) is 9.97. The Hall–Kier alpha value is -1.57. The maximum Gasteiger partial charge on any atom is 0.0656 e. The number of hydrogen-bond acceptors (Lipinski definition) is 1. The quantitative estimate of drug-likeness (QED) is 0.747. The van der Waals surface area contributed by atoms with Crippen molar-refractivity contribution in [1.29, 1.82) is 0 Å². The first-order valence-corrected chi connectivity index (χ1v) is 5.18. The fraction of sp³-hybridized carbons (Fsp3) is 0.308. The van der Waals surface area contributed by atoms with E-state index in [2.05, 4.69) is 50.0 Å². The molecule has 0 radical (unpaired) electrons. The highest BCUT2D eigenvalue weighted by atomic mass is 15.1. The predicted octanol–water partition coefficient (Wildman–Crippen LogP) is 3.68. The summed E-state index contributed by atoms with van der Waals surface area (Å²) >= 11 is 0. The number of nitrogens with one attached hydrogen (secondary N) is 1. The van der Waals surface area contributed by atoms with Crippen LogP contribution in [0.15, 0.2) is 23.9 Å². The van der Waals surface area contributed by atoms with Gasteiger partial charge in [-0.1, -0.05) is 11.6 Å². The summed E-state index contributed by atoms with van der Waals surface area (Å²) in [6.07, 6.45) is 1.91. The van der Waals surface area contributed by atoms with Crippen molar-refractivity contribution in [1.82, 2.24) is 10.2 Å². The van der Waals surface area contributed by atoms with Gasteiger partial charge in [-0.15, -0.1) is 0 Å². The monoisotopic (exact) mass is 200 g/mol. The molecule has 0 saturated carbocycles. The van der Waals surface area contributed by atoms with Crippen LogP contribution in [0.1, 0.15) is 31.9 Å². The smallest absolute Gasteiger partial charge is 0.0656 e. The van der Waals surface area contributed by atoms with E-state index in [-0.39, 0.29) is 0 Å². The fourth-order valence-corrected chi connectivity index (χ4v) is 1.87. The van der Waals surface area contributed by atoms with E-state index in [9.17, 15) is 0 Å². The van der Waals surface area contributed by atoms with Gasteiger partial charge >= 0.3 is 0 Å². The zero-order valence-corrected chi connectivity index (χ0v) is 9.68. The normalized spacial score (nSPS) is 10.7. The molecule has 1 aromatic carbocycles. The average Bonchev–Trinajstić information content (AvgIpc) is 2.64. The predicted molar refractivity (Wildman–Crippen MR) is 64.8 cm³/mol. The Kier molecular flexibility index (Phi) is 2.35. The molecule has 1 heterocycles. The van der Waals surface area contributed by atoms with E-state index in [1.54, 1.807) is 0 Å². The van der Waals surface area contributed by atoms with Gasteiger partial charge < -0.3 is 0 Å².